The van der Waals surface area contributed by atoms with Crippen LogP contribution in [0.1, 0.15) is 25.0 Å². The van der Waals surface area contributed by atoms with Gasteiger partial charge in [-0.3, -0.25) is 0 Å². The van der Waals surface area contributed by atoms with Gasteiger partial charge < -0.3 is 5.32 Å². The number of hydrogen-bond acceptors (Lipinski definition) is 1. The van der Waals surface area contributed by atoms with Crippen LogP contribution in [0.5, 0.6) is 0 Å². The molecule has 0 heterocycles. The summed E-state index contributed by atoms with van der Waals surface area (Å²) in [6, 6.07) is 39.4. The Labute approximate surface area is 189 Å². The highest BCUT2D eigenvalue weighted by Crippen LogP contribution is 2.49. The third kappa shape index (κ3) is 3.01. The molecule has 1 nitrogen and oxygen atoms in total. The normalized spacial score (nSPS) is 13.6. The van der Waals surface area contributed by atoms with Crippen LogP contribution in [0.15, 0.2) is 109 Å². The molecule has 0 fully saturated rings. The van der Waals surface area contributed by atoms with E-state index in [1.165, 1.54) is 44.2 Å². The summed E-state index contributed by atoms with van der Waals surface area (Å²) >= 11 is 0. The maximum Gasteiger partial charge on any atom is 0.0390 e. The van der Waals surface area contributed by atoms with E-state index in [9.17, 15) is 0 Å². The largest absolute Gasteiger partial charge is 0.356 e. The Kier molecular flexibility index (Phi) is 4.19. The number of hydrogen-bond donors (Lipinski definition) is 1. The summed E-state index contributed by atoms with van der Waals surface area (Å²) in [6.45, 7) is 4.63. The first-order chi connectivity index (χ1) is 15.6. The van der Waals surface area contributed by atoms with Crippen LogP contribution in [0.25, 0.3) is 33.0 Å². The van der Waals surface area contributed by atoms with E-state index in [0.717, 1.165) is 11.4 Å². The van der Waals surface area contributed by atoms with Crippen molar-refractivity contribution in [3.05, 3.63) is 120 Å². The molecule has 6 rings (SSSR count). The second-order valence-electron chi connectivity index (χ2n) is 9.20. The van der Waals surface area contributed by atoms with Gasteiger partial charge in [0.15, 0.2) is 0 Å². The van der Waals surface area contributed by atoms with Crippen molar-refractivity contribution in [2.45, 2.75) is 19.3 Å². The predicted molar refractivity (Wildman–Crippen MR) is 137 cm³/mol. The van der Waals surface area contributed by atoms with Crippen LogP contribution in [0.3, 0.4) is 0 Å². The lowest BCUT2D eigenvalue weighted by molar-refractivity contribution is 0.660. The summed E-state index contributed by atoms with van der Waals surface area (Å²) in [5, 5.41) is 6.15. The van der Waals surface area contributed by atoms with E-state index in [-0.39, 0.29) is 5.41 Å². The number of rotatable bonds is 3. The van der Waals surface area contributed by atoms with Crippen LogP contribution >= 0.6 is 0 Å². The molecular weight excluding hydrogens is 386 g/mol. The van der Waals surface area contributed by atoms with Crippen molar-refractivity contribution in [3.8, 4) is 22.3 Å². The molecule has 154 valence electrons. The Bertz CT molecular complexity index is 1460. The van der Waals surface area contributed by atoms with E-state index in [0.29, 0.717) is 0 Å². The van der Waals surface area contributed by atoms with Gasteiger partial charge in [-0.2, -0.15) is 0 Å². The molecule has 32 heavy (non-hydrogen) atoms. The zero-order valence-electron chi connectivity index (χ0n) is 18.4. The van der Waals surface area contributed by atoms with Crippen molar-refractivity contribution in [1.82, 2.24) is 0 Å². The summed E-state index contributed by atoms with van der Waals surface area (Å²) in [4.78, 5) is 0. The molecule has 1 heteroatoms. The summed E-state index contributed by atoms with van der Waals surface area (Å²) in [7, 11) is 0. The van der Waals surface area contributed by atoms with Crippen molar-refractivity contribution in [3.63, 3.8) is 0 Å². The first-order valence-electron chi connectivity index (χ1n) is 11.2. The third-order valence-electron chi connectivity index (χ3n) is 6.84. The Morgan fingerprint density at radius 2 is 1.16 bits per heavy atom. The second-order valence-corrected chi connectivity index (χ2v) is 9.20. The minimum absolute atomic E-state index is 0.0476. The van der Waals surface area contributed by atoms with Crippen LogP contribution in [0, 0.1) is 0 Å². The number of nitrogens with one attached hydrogen (secondary N) is 1. The average Bonchev–Trinajstić information content (AvgIpc) is 3.06. The SMILES string of the molecule is CC1(C)c2ccccc2-c2cc(Nc3ccc(-c4ccc5ccccc5c4)cc3)ccc21. The van der Waals surface area contributed by atoms with Crippen molar-refractivity contribution in [2.24, 2.45) is 0 Å². The van der Waals surface area contributed by atoms with Gasteiger partial charge >= 0.3 is 0 Å². The highest BCUT2D eigenvalue weighted by Gasteiger charge is 2.34. The molecule has 0 saturated carbocycles. The van der Waals surface area contributed by atoms with Crippen molar-refractivity contribution >= 4 is 22.1 Å². The highest BCUT2D eigenvalue weighted by molar-refractivity contribution is 5.88. The van der Waals surface area contributed by atoms with Crippen LogP contribution in [0.2, 0.25) is 0 Å². The smallest absolute Gasteiger partial charge is 0.0390 e. The number of anilines is 2. The van der Waals surface area contributed by atoms with Gasteiger partial charge in [-0.05, 0) is 74.5 Å². The van der Waals surface area contributed by atoms with Crippen molar-refractivity contribution < 1.29 is 0 Å². The molecule has 0 aromatic heterocycles. The molecule has 0 radical (unpaired) electrons. The standard InChI is InChI=1S/C31H25N/c1-31(2)29-10-6-5-9-27(29)28-20-26(17-18-30(28)31)32-25-15-13-22(14-16-25)24-12-11-21-7-3-4-8-23(21)19-24/h3-20,32H,1-2H3. The minimum Gasteiger partial charge on any atom is -0.356 e. The highest BCUT2D eigenvalue weighted by atomic mass is 14.9. The van der Waals surface area contributed by atoms with Gasteiger partial charge in [0.25, 0.3) is 0 Å². The molecule has 0 amide bonds. The van der Waals surface area contributed by atoms with E-state index in [4.69, 9.17) is 0 Å². The minimum atomic E-state index is 0.0476. The molecule has 1 aliphatic carbocycles. The van der Waals surface area contributed by atoms with Crippen LogP contribution < -0.4 is 5.32 Å². The second kappa shape index (κ2) is 7.10. The lowest BCUT2D eigenvalue weighted by Gasteiger charge is -2.21. The molecule has 5 aromatic rings. The Morgan fingerprint density at radius 1 is 0.500 bits per heavy atom. The Hall–Kier alpha value is -3.84. The summed E-state index contributed by atoms with van der Waals surface area (Å²) < 4.78 is 0. The fourth-order valence-corrected chi connectivity index (χ4v) is 5.08. The first kappa shape index (κ1) is 18.9. The molecule has 0 unspecified atom stereocenters. The quantitative estimate of drug-likeness (QED) is 0.313. The van der Waals surface area contributed by atoms with Gasteiger partial charge in [-0.1, -0.05) is 92.7 Å². The van der Waals surface area contributed by atoms with E-state index in [2.05, 4.69) is 128 Å². The monoisotopic (exact) mass is 411 g/mol. The van der Waals surface area contributed by atoms with Gasteiger partial charge in [-0.15, -0.1) is 0 Å². The fourth-order valence-electron chi connectivity index (χ4n) is 5.08. The van der Waals surface area contributed by atoms with E-state index < -0.39 is 0 Å². The summed E-state index contributed by atoms with van der Waals surface area (Å²) in [5.41, 5.74) is 10.2. The van der Waals surface area contributed by atoms with E-state index in [1.807, 2.05) is 0 Å². The molecule has 0 aliphatic heterocycles. The summed E-state index contributed by atoms with van der Waals surface area (Å²) in [5.74, 6) is 0. The molecule has 0 bridgehead atoms. The Morgan fingerprint density at radius 3 is 2.00 bits per heavy atom. The number of benzene rings is 5. The van der Waals surface area contributed by atoms with Crippen LogP contribution in [-0.4, -0.2) is 0 Å². The first-order valence-corrected chi connectivity index (χ1v) is 11.2. The van der Waals surface area contributed by atoms with E-state index >= 15 is 0 Å². The van der Waals surface area contributed by atoms with Gasteiger partial charge in [0.05, 0.1) is 0 Å². The zero-order valence-corrected chi connectivity index (χ0v) is 18.4. The Balaban J connectivity index is 1.29. The average molecular weight is 412 g/mol. The molecular formula is C31H25N. The summed E-state index contributed by atoms with van der Waals surface area (Å²) in [6.07, 6.45) is 0. The third-order valence-corrected chi connectivity index (χ3v) is 6.84. The molecule has 0 saturated heterocycles. The maximum absolute atomic E-state index is 3.60. The predicted octanol–water partition coefficient (Wildman–Crippen LogP) is 8.56. The molecule has 5 aromatic carbocycles. The topological polar surface area (TPSA) is 12.0 Å². The van der Waals surface area contributed by atoms with Gasteiger partial charge in [-0.25, -0.2) is 0 Å². The van der Waals surface area contributed by atoms with Crippen molar-refractivity contribution in [1.29, 1.82) is 0 Å². The van der Waals surface area contributed by atoms with Crippen molar-refractivity contribution in [2.75, 3.05) is 5.32 Å². The van der Waals surface area contributed by atoms with Crippen LogP contribution in [0.4, 0.5) is 11.4 Å². The number of fused-ring (bicyclic) bond motifs is 4. The van der Waals surface area contributed by atoms with Gasteiger partial charge in [0.2, 0.25) is 0 Å². The van der Waals surface area contributed by atoms with Gasteiger partial charge in [0, 0.05) is 16.8 Å². The lowest BCUT2D eigenvalue weighted by Crippen LogP contribution is -2.14. The molecule has 0 spiro atoms. The molecule has 0 atom stereocenters. The maximum atomic E-state index is 3.60. The van der Waals surface area contributed by atoms with Gasteiger partial charge in [0.1, 0.15) is 0 Å². The van der Waals surface area contributed by atoms with Crippen LogP contribution in [-0.2, 0) is 5.41 Å². The zero-order chi connectivity index (χ0) is 21.7. The molecule has 1 N–H and O–H groups in total. The molecule has 1 aliphatic rings. The fraction of sp³-hybridized carbons (Fsp3) is 0.0968. The lowest BCUT2D eigenvalue weighted by atomic mass is 9.82. The van der Waals surface area contributed by atoms with E-state index in [1.54, 1.807) is 0 Å².